The summed E-state index contributed by atoms with van der Waals surface area (Å²) in [5, 5.41) is 13.3. The van der Waals surface area contributed by atoms with E-state index in [9.17, 15) is 9.90 Å². The second-order valence-corrected chi connectivity index (χ2v) is 5.99. The van der Waals surface area contributed by atoms with Crippen LogP contribution in [0.2, 0.25) is 5.02 Å². The van der Waals surface area contributed by atoms with Crippen molar-refractivity contribution in [3.8, 4) is 0 Å². The molecule has 17 heavy (non-hydrogen) atoms. The fourth-order valence-corrected chi connectivity index (χ4v) is 2.90. The summed E-state index contributed by atoms with van der Waals surface area (Å²) < 4.78 is 0. The van der Waals surface area contributed by atoms with Crippen LogP contribution >= 0.6 is 23.4 Å². The Morgan fingerprint density at radius 2 is 2.29 bits per heavy atom. The molecule has 1 aromatic carbocycles. The molecule has 1 amide bonds. The highest BCUT2D eigenvalue weighted by Crippen LogP contribution is 2.40. The average Bonchev–Trinajstić information content (AvgIpc) is 2.56. The van der Waals surface area contributed by atoms with E-state index in [-0.39, 0.29) is 5.91 Å². The Bertz CT molecular complexity index is 464. The number of hydrogen-bond acceptors (Lipinski definition) is 3. The predicted octanol–water partition coefficient (Wildman–Crippen LogP) is 3.22. The van der Waals surface area contributed by atoms with Crippen molar-refractivity contribution in [1.29, 1.82) is 0 Å². The average molecular weight is 272 g/mol. The molecular formula is C12H14ClNO2S. The third-order valence-electron chi connectivity index (χ3n) is 2.81. The zero-order valence-electron chi connectivity index (χ0n) is 9.66. The topological polar surface area (TPSA) is 49.3 Å². The zero-order chi connectivity index (χ0) is 12.6. The van der Waals surface area contributed by atoms with Crippen LogP contribution < -0.4 is 5.32 Å². The lowest BCUT2D eigenvalue weighted by atomic mass is 10.1. The maximum Gasteiger partial charge on any atom is 0.257 e. The smallest absolute Gasteiger partial charge is 0.257 e. The number of carbonyl (C=O) groups is 1. The van der Waals surface area contributed by atoms with Crippen molar-refractivity contribution in [1.82, 2.24) is 0 Å². The van der Waals surface area contributed by atoms with Crippen molar-refractivity contribution in [3.05, 3.63) is 22.7 Å². The van der Waals surface area contributed by atoms with Gasteiger partial charge in [-0.15, -0.1) is 11.8 Å². The molecule has 1 aliphatic heterocycles. The molecule has 1 aliphatic rings. The summed E-state index contributed by atoms with van der Waals surface area (Å²) in [4.78, 5) is 12.3. The molecule has 1 aromatic rings. The van der Waals surface area contributed by atoms with E-state index in [2.05, 4.69) is 19.2 Å². The molecule has 5 heteroatoms. The maximum absolute atomic E-state index is 11.3. The Labute approximate surface area is 110 Å². The minimum Gasteiger partial charge on any atom is -0.378 e. The molecule has 3 nitrogen and oxygen atoms in total. The number of rotatable bonds is 3. The minimum absolute atomic E-state index is 0.387. The molecule has 0 aromatic heterocycles. The molecule has 0 aliphatic carbocycles. The van der Waals surface area contributed by atoms with Crippen molar-refractivity contribution in [2.24, 2.45) is 0 Å². The van der Waals surface area contributed by atoms with Gasteiger partial charge in [-0.3, -0.25) is 4.79 Å². The first kappa shape index (κ1) is 12.7. The van der Waals surface area contributed by atoms with Crippen LogP contribution in [0.4, 0.5) is 5.69 Å². The van der Waals surface area contributed by atoms with Crippen LogP contribution in [-0.2, 0) is 4.79 Å². The summed E-state index contributed by atoms with van der Waals surface area (Å²) in [6, 6.07) is 3.51. The van der Waals surface area contributed by atoms with Crippen LogP contribution in [-0.4, -0.2) is 16.3 Å². The van der Waals surface area contributed by atoms with Gasteiger partial charge in [0.1, 0.15) is 0 Å². The van der Waals surface area contributed by atoms with Gasteiger partial charge in [0.2, 0.25) is 0 Å². The Kier molecular flexibility index (Phi) is 3.66. The van der Waals surface area contributed by atoms with Gasteiger partial charge in [0, 0.05) is 21.4 Å². The van der Waals surface area contributed by atoms with Crippen LogP contribution in [0.25, 0.3) is 0 Å². The predicted molar refractivity (Wildman–Crippen MR) is 70.7 cm³/mol. The fourth-order valence-electron chi connectivity index (χ4n) is 1.64. The number of thioether (sulfide) groups is 1. The number of halogens is 1. The first-order valence-electron chi connectivity index (χ1n) is 5.52. The Morgan fingerprint density at radius 1 is 1.59 bits per heavy atom. The van der Waals surface area contributed by atoms with Gasteiger partial charge in [-0.2, -0.15) is 0 Å². The van der Waals surface area contributed by atoms with Crippen molar-refractivity contribution in [3.63, 3.8) is 0 Å². The second kappa shape index (κ2) is 4.88. The first-order chi connectivity index (χ1) is 8.02. The van der Waals surface area contributed by atoms with Gasteiger partial charge in [0.05, 0.1) is 5.02 Å². The number of anilines is 1. The third-order valence-corrected chi connectivity index (χ3v) is 4.56. The number of amides is 1. The van der Waals surface area contributed by atoms with Gasteiger partial charge in [-0.1, -0.05) is 25.4 Å². The highest BCUT2D eigenvalue weighted by molar-refractivity contribution is 8.00. The standard InChI is InChI=1S/C12H14ClNO2S/c1-3-6(2)17-10-5-9-7(4-8(10)13)11(15)12(16)14-9/h4-6,11,15H,3H2,1-2H3,(H,14,16). The molecular weight excluding hydrogens is 258 g/mol. The lowest BCUT2D eigenvalue weighted by Gasteiger charge is -2.11. The van der Waals surface area contributed by atoms with Crippen molar-refractivity contribution in [2.45, 2.75) is 36.5 Å². The molecule has 0 saturated heterocycles. The van der Waals surface area contributed by atoms with Crippen LogP contribution in [0.5, 0.6) is 0 Å². The van der Waals surface area contributed by atoms with E-state index < -0.39 is 6.10 Å². The summed E-state index contributed by atoms with van der Waals surface area (Å²) in [5.41, 5.74) is 1.23. The van der Waals surface area contributed by atoms with E-state index in [0.29, 0.717) is 21.5 Å². The molecule has 0 spiro atoms. The van der Waals surface area contributed by atoms with E-state index in [1.54, 1.807) is 17.8 Å². The van der Waals surface area contributed by atoms with Gasteiger partial charge >= 0.3 is 0 Å². The van der Waals surface area contributed by atoms with Gasteiger partial charge in [-0.05, 0) is 18.6 Å². The van der Waals surface area contributed by atoms with E-state index in [4.69, 9.17) is 11.6 Å². The number of benzene rings is 1. The molecule has 1 heterocycles. The van der Waals surface area contributed by atoms with Crippen LogP contribution in [0.3, 0.4) is 0 Å². The number of nitrogens with one attached hydrogen (secondary N) is 1. The summed E-state index contributed by atoms with van der Waals surface area (Å²) in [6.07, 6.45) is -0.0438. The summed E-state index contributed by atoms with van der Waals surface area (Å²) in [5.74, 6) is -0.387. The van der Waals surface area contributed by atoms with E-state index in [1.165, 1.54) is 0 Å². The molecule has 0 saturated carbocycles. The van der Waals surface area contributed by atoms with E-state index in [0.717, 1.165) is 11.3 Å². The molecule has 0 bridgehead atoms. The molecule has 2 unspecified atom stereocenters. The van der Waals surface area contributed by atoms with Gasteiger partial charge in [-0.25, -0.2) is 0 Å². The highest BCUT2D eigenvalue weighted by Gasteiger charge is 2.29. The molecule has 2 rings (SSSR count). The summed E-state index contributed by atoms with van der Waals surface area (Å²) >= 11 is 7.82. The molecule has 0 radical (unpaired) electrons. The summed E-state index contributed by atoms with van der Waals surface area (Å²) in [7, 11) is 0. The fraction of sp³-hybridized carbons (Fsp3) is 0.417. The molecule has 0 fully saturated rings. The van der Waals surface area contributed by atoms with Crippen molar-refractivity contribution >= 4 is 35.0 Å². The van der Waals surface area contributed by atoms with Crippen LogP contribution in [0.1, 0.15) is 31.9 Å². The zero-order valence-corrected chi connectivity index (χ0v) is 11.2. The van der Waals surface area contributed by atoms with E-state index in [1.807, 2.05) is 6.07 Å². The summed E-state index contributed by atoms with van der Waals surface area (Å²) in [6.45, 7) is 4.24. The maximum atomic E-state index is 11.3. The number of aliphatic hydroxyl groups is 1. The quantitative estimate of drug-likeness (QED) is 0.830. The lowest BCUT2D eigenvalue weighted by Crippen LogP contribution is -2.10. The van der Waals surface area contributed by atoms with E-state index >= 15 is 0 Å². The van der Waals surface area contributed by atoms with Crippen LogP contribution in [0.15, 0.2) is 17.0 Å². The largest absolute Gasteiger partial charge is 0.378 e. The Hall–Kier alpha value is -0.710. The van der Waals surface area contributed by atoms with Gasteiger partial charge in [0.15, 0.2) is 6.10 Å². The molecule has 2 atom stereocenters. The van der Waals surface area contributed by atoms with Crippen molar-refractivity contribution in [2.75, 3.05) is 5.32 Å². The minimum atomic E-state index is -1.09. The Balaban J connectivity index is 2.33. The number of fused-ring (bicyclic) bond motifs is 1. The molecule has 2 N–H and O–H groups in total. The van der Waals surface area contributed by atoms with Crippen molar-refractivity contribution < 1.29 is 9.90 Å². The Morgan fingerprint density at radius 3 is 2.94 bits per heavy atom. The SMILES string of the molecule is CCC(C)Sc1cc2c(cc1Cl)C(O)C(=O)N2. The molecule has 92 valence electrons. The third kappa shape index (κ3) is 2.44. The van der Waals surface area contributed by atoms with Crippen LogP contribution in [0, 0.1) is 0 Å². The number of aliphatic hydroxyl groups excluding tert-OH is 1. The first-order valence-corrected chi connectivity index (χ1v) is 6.77. The monoisotopic (exact) mass is 271 g/mol. The normalized spacial score (nSPS) is 20.0. The number of hydrogen-bond donors (Lipinski definition) is 2. The highest BCUT2D eigenvalue weighted by atomic mass is 35.5. The number of carbonyl (C=O) groups excluding carboxylic acids is 1. The van der Waals surface area contributed by atoms with Gasteiger partial charge in [0.25, 0.3) is 5.91 Å². The van der Waals surface area contributed by atoms with Gasteiger partial charge < -0.3 is 10.4 Å². The second-order valence-electron chi connectivity index (χ2n) is 4.10. The lowest BCUT2D eigenvalue weighted by molar-refractivity contribution is -0.123.